The quantitative estimate of drug-likeness (QED) is 0.342. The van der Waals surface area contributed by atoms with Gasteiger partial charge in [0.2, 0.25) is 5.88 Å². The summed E-state index contributed by atoms with van der Waals surface area (Å²) in [4.78, 5) is 25.9. The smallest absolute Gasteiger partial charge is 0.434 e. The topological polar surface area (TPSA) is 105 Å². The molecule has 0 spiro atoms. The Morgan fingerprint density at radius 1 is 1.13 bits per heavy atom. The molecule has 1 unspecified atom stereocenters. The van der Waals surface area contributed by atoms with E-state index in [-0.39, 0.29) is 34.9 Å². The Hall–Kier alpha value is -3.53. The van der Waals surface area contributed by atoms with Gasteiger partial charge < -0.3 is 15.4 Å². The number of amides is 1. The minimum absolute atomic E-state index is 0.00329. The van der Waals surface area contributed by atoms with E-state index in [1.165, 1.54) is 6.20 Å². The van der Waals surface area contributed by atoms with Gasteiger partial charge in [0.1, 0.15) is 16.9 Å². The molecule has 0 radical (unpaired) electrons. The Bertz CT molecular complexity index is 1270. The van der Waals surface area contributed by atoms with Crippen LogP contribution in [0.1, 0.15) is 41.0 Å². The van der Waals surface area contributed by atoms with Crippen molar-refractivity contribution in [3.63, 3.8) is 0 Å². The Kier molecular flexibility index (Phi) is 8.54. The zero-order valence-electron chi connectivity index (χ0n) is 20.4. The highest BCUT2D eigenvalue weighted by atomic mass is 32.1. The summed E-state index contributed by atoms with van der Waals surface area (Å²) in [6, 6.07) is 3.11. The highest BCUT2D eigenvalue weighted by Crippen LogP contribution is 2.30. The normalized spacial score (nSPS) is 16.6. The monoisotopic (exact) mass is 575 g/mol. The first-order chi connectivity index (χ1) is 18.4. The fraction of sp³-hybridized carbons (Fsp3) is 0.435. The van der Waals surface area contributed by atoms with Crippen LogP contribution in [0, 0.1) is 6.92 Å². The molecule has 1 atom stereocenters. The van der Waals surface area contributed by atoms with Gasteiger partial charge in [0, 0.05) is 19.2 Å². The van der Waals surface area contributed by atoms with Gasteiger partial charge in [-0.05, 0) is 43.9 Å². The lowest BCUT2D eigenvalue weighted by Gasteiger charge is -2.32. The van der Waals surface area contributed by atoms with Crippen LogP contribution in [-0.4, -0.2) is 62.0 Å². The Morgan fingerprint density at radius 2 is 1.92 bits per heavy atom. The average molecular weight is 576 g/mol. The highest BCUT2D eigenvalue weighted by Gasteiger charge is 2.33. The van der Waals surface area contributed by atoms with E-state index in [1.807, 2.05) is 0 Å². The highest BCUT2D eigenvalue weighted by molar-refractivity contribution is 7.10. The lowest BCUT2D eigenvalue weighted by Crippen LogP contribution is -2.42. The van der Waals surface area contributed by atoms with Crippen molar-refractivity contribution >= 4 is 33.9 Å². The summed E-state index contributed by atoms with van der Waals surface area (Å²) in [5, 5.41) is 5.71. The number of alkyl halides is 6. The number of halogens is 6. The first kappa shape index (κ1) is 28.5. The van der Waals surface area contributed by atoms with E-state index in [0.29, 0.717) is 43.5 Å². The van der Waals surface area contributed by atoms with E-state index in [1.54, 1.807) is 24.0 Å². The first-order valence-electron chi connectivity index (χ1n) is 11.7. The van der Waals surface area contributed by atoms with Crippen molar-refractivity contribution in [1.29, 1.82) is 0 Å². The molecule has 3 aromatic rings. The van der Waals surface area contributed by atoms with Crippen LogP contribution in [0.15, 0.2) is 30.7 Å². The summed E-state index contributed by atoms with van der Waals surface area (Å²) in [7, 11) is 0. The summed E-state index contributed by atoms with van der Waals surface area (Å²) in [6.45, 7) is 2.46. The SMILES string of the molecule is Cc1nsc(Nc2cnc(C(F)(F)F)cn2)c1C(=O)Nc1ccc(OC2CCCN(CCC(F)(F)F)C2)nc1. The minimum atomic E-state index is -4.63. The van der Waals surface area contributed by atoms with Gasteiger partial charge in [0.05, 0.1) is 42.0 Å². The molecule has 16 heteroatoms. The van der Waals surface area contributed by atoms with Crippen LogP contribution in [0.4, 0.5) is 42.8 Å². The van der Waals surface area contributed by atoms with Crippen LogP contribution in [0.25, 0.3) is 0 Å². The maximum atomic E-state index is 12.9. The number of carbonyl (C=O) groups is 1. The van der Waals surface area contributed by atoms with Crippen LogP contribution in [-0.2, 0) is 6.18 Å². The molecule has 4 heterocycles. The molecule has 210 valence electrons. The number of piperidine rings is 1. The third-order valence-electron chi connectivity index (χ3n) is 5.73. The number of hydrogen-bond acceptors (Lipinski definition) is 9. The van der Waals surface area contributed by atoms with Gasteiger partial charge in [-0.2, -0.15) is 30.7 Å². The molecule has 3 aromatic heterocycles. The van der Waals surface area contributed by atoms with Crippen molar-refractivity contribution in [2.24, 2.45) is 0 Å². The number of aryl methyl sites for hydroxylation is 1. The second-order valence-corrected chi connectivity index (χ2v) is 9.54. The van der Waals surface area contributed by atoms with Crippen molar-refractivity contribution in [3.8, 4) is 5.88 Å². The van der Waals surface area contributed by atoms with Crippen molar-refractivity contribution < 1.29 is 35.9 Å². The summed E-state index contributed by atoms with van der Waals surface area (Å²) in [5.74, 6) is -0.262. The van der Waals surface area contributed by atoms with Gasteiger partial charge in [-0.25, -0.2) is 15.0 Å². The molecular weight excluding hydrogens is 552 g/mol. The number of pyridine rings is 1. The molecule has 0 bridgehead atoms. The predicted octanol–water partition coefficient (Wildman–Crippen LogP) is 5.45. The third kappa shape index (κ3) is 7.98. The van der Waals surface area contributed by atoms with Gasteiger partial charge in [-0.15, -0.1) is 0 Å². The fourth-order valence-corrected chi connectivity index (χ4v) is 4.66. The largest absolute Gasteiger partial charge is 0.473 e. The number of nitrogens with zero attached hydrogens (tertiary/aromatic N) is 5. The molecule has 0 aliphatic carbocycles. The Morgan fingerprint density at radius 3 is 2.56 bits per heavy atom. The molecule has 1 aliphatic heterocycles. The zero-order chi connectivity index (χ0) is 28.2. The summed E-state index contributed by atoms with van der Waals surface area (Å²) in [5.41, 5.74) is -0.245. The molecule has 1 aliphatic rings. The van der Waals surface area contributed by atoms with Crippen LogP contribution in [0.5, 0.6) is 5.88 Å². The minimum Gasteiger partial charge on any atom is -0.473 e. The number of carbonyl (C=O) groups excluding carboxylic acids is 1. The fourth-order valence-electron chi connectivity index (χ4n) is 3.86. The molecule has 4 rings (SSSR count). The molecule has 2 N–H and O–H groups in total. The van der Waals surface area contributed by atoms with Gasteiger partial charge in [-0.3, -0.25) is 9.69 Å². The van der Waals surface area contributed by atoms with Gasteiger partial charge in [0.25, 0.3) is 5.91 Å². The van der Waals surface area contributed by atoms with E-state index >= 15 is 0 Å². The second kappa shape index (κ2) is 11.7. The summed E-state index contributed by atoms with van der Waals surface area (Å²) >= 11 is 0.932. The van der Waals surface area contributed by atoms with E-state index in [0.717, 1.165) is 17.7 Å². The van der Waals surface area contributed by atoms with E-state index in [9.17, 15) is 31.1 Å². The average Bonchev–Trinajstić information content (AvgIpc) is 3.23. The maximum absolute atomic E-state index is 12.9. The molecule has 39 heavy (non-hydrogen) atoms. The van der Waals surface area contributed by atoms with Gasteiger partial charge >= 0.3 is 12.4 Å². The first-order valence-corrected chi connectivity index (χ1v) is 12.5. The predicted molar refractivity (Wildman–Crippen MR) is 130 cm³/mol. The third-order valence-corrected chi connectivity index (χ3v) is 6.58. The van der Waals surface area contributed by atoms with Crippen LogP contribution < -0.4 is 15.4 Å². The number of rotatable bonds is 8. The van der Waals surface area contributed by atoms with Crippen LogP contribution in [0.3, 0.4) is 0 Å². The van der Waals surface area contributed by atoms with Crippen molar-refractivity contribution in [1.82, 2.24) is 24.2 Å². The standard InChI is InChI=1S/C23H23F6N7O2S/c1-13-19(21(39-35-13)34-17-11-30-16(10-31-17)23(27,28)29)20(37)33-14-4-5-18(32-9-14)38-15-3-2-7-36(12-15)8-6-22(24,25)26/h4-5,9-11,15H,2-3,6-8,12H2,1H3,(H,31,34)(H,33,37). The number of aromatic nitrogens is 4. The lowest BCUT2D eigenvalue weighted by atomic mass is 10.1. The Labute approximate surface area is 222 Å². The van der Waals surface area contributed by atoms with Crippen molar-refractivity contribution in [2.45, 2.75) is 44.6 Å². The van der Waals surface area contributed by atoms with Crippen molar-refractivity contribution in [3.05, 3.63) is 47.7 Å². The van der Waals surface area contributed by atoms with Crippen LogP contribution in [0.2, 0.25) is 0 Å². The number of ether oxygens (including phenoxy) is 1. The van der Waals surface area contributed by atoms with Crippen LogP contribution >= 0.6 is 11.5 Å². The number of anilines is 3. The Balaban J connectivity index is 1.35. The zero-order valence-corrected chi connectivity index (χ0v) is 21.3. The van der Waals surface area contributed by atoms with Gasteiger partial charge in [-0.1, -0.05) is 0 Å². The molecule has 0 aromatic carbocycles. The van der Waals surface area contributed by atoms with Crippen molar-refractivity contribution in [2.75, 3.05) is 30.3 Å². The number of hydrogen-bond donors (Lipinski definition) is 2. The van der Waals surface area contributed by atoms with E-state index in [4.69, 9.17) is 4.74 Å². The summed E-state index contributed by atoms with van der Waals surface area (Å²) in [6.07, 6.45) is -5.75. The molecule has 1 fully saturated rings. The molecular formula is C23H23F6N7O2S. The van der Waals surface area contributed by atoms with E-state index in [2.05, 4.69) is 30.0 Å². The number of nitrogens with one attached hydrogen (secondary N) is 2. The van der Waals surface area contributed by atoms with Gasteiger partial charge in [0.15, 0.2) is 5.69 Å². The second-order valence-electron chi connectivity index (χ2n) is 8.77. The number of likely N-dealkylation sites (tertiary alicyclic amines) is 1. The molecule has 0 saturated carbocycles. The molecule has 1 saturated heterocycles. The lowest BCUT2D eigenvalue weighted by molar-refractivity contribution is -0.141. The van der Waals surface area contributed by atoms with E-state index < -0.39 is 30.4 Å². The maximum Gasteiger partial charge on any atom is 0.434 e. The summed E-state index contributed by atoms with van der Waals surface area (Å²) < 4.78 is 85.7. The molecule has 9 nitrogen and oxygen atoms in total. The molecule has 1 amide bonds.